The summed E-state index contributed by atoms with van der Waals surface area (Å²) in [5.74, 6) is 0.739. The number of carbonyl (C=O) groups excluding carboxylic acids is 1. The zero-order valence-electron chi connectivity index (χ0n) is 16.7. The van der Waals surface area contributed by atoms with Gasteiger partial charge in [0.1, 0.15) is 11.8 Å². The van der Waals surface area contributed by atoms with E-state index in [4.69, 9.17) is 4.74 Å². The molecule has 0 aliphatic rings. The molecule has 0 radical (unpaired) electrons. The van der Waals surface area contributed by atoms with E-state index >= 15 is 0 Å². The third kappa shape index (κ3) is 4.40. The molecular formula is C22H26N4O2. The standard InChI is InChI=1S/C22H26N4O2/c1-16-8-5-6-11-20(16)21(25(2)3)22(27)23-13-17-14-24-26(15-17)18-9-7-10-19(12-18)28-4/h5-12,14-15,21H,13H2,1-4H3,(H,23,27)/t21-/m1/s1. The van der Waals surface area contributed by atoms with E-state index in [2.05, 4.69) is 10.4 Å². The molecule has 6 heteroatoms. The van der Waals surface area contributed by atoms with Gasteiger partial charge >= 0.3 is 0 Å². The molecule has 1 atom stereocenters. The fourth-order valence-electron chi connectivity index (χ4n) is 3.18. The van der Waals surface area contributed by atoms with Crippen LogP contribution in [0, 0.1) is 6.92 Å². The highest BCUT2D eigenvalue weighted by molar-refractivity contribution is 5.83. The first-order chi connectivity index (χ1) is 13.5. The molecule has 0 aliphatic carbocycles. The highest BCUT2D eigenvalue weighted by atomic mass is 16.5. The summed E-state index contributed by atoms with van der Waals surface area (Å²) in [6, 6.07) is 15.3. The van der Waals surface area contributed by atoms with Crippen LogP contribution in [0.25, 0.3) is 5.69 Å². The molecular weight excluding hydrogens is 352 g/mol. The van der Waals surface area contributed by atoms with E-state index in [1.807, 2.05) is 80.6 Å². The SMILES string of the molecule is COc1cccc(-n2cc(CNC(=O)[C@@H](c3ccccc3C)N(C)C)cn2)c1. The van der Waals surface area contributed by atoms with E-state index in [0.29, 0.717) is 6.54 Å². The van der Waals surface area contributed by atoms with Crippen molar-refractivity contribution in [3.8, 4) is 11.4 Å². The summed E-state index contributed by atoms with van der Waals surface area (Å²) in [5.41, 5.74) is 3.95. The maximum atomic E-state index is 12.9. The van der Waals surface area contributed by atoms with Crippen LogP contribution in [0.1, 0.15) is 22.7 Å². The molecule has 0 saturated heterocycles. The number of carbonyl (C=O) groups is 1. The molecule has 146 valence electrons. The number of benzene rings is 2. The number of hydrogen-bond acceptors (Lipinski definition) is 4. The van der Waals surface area contributed by atoms with Crippen LogP contribution in [0.5, 0.6) is 5.75 Å². The first kappa shape index (κ1) is 19.6. The number of rotatable bonds is 7. The molecule has 3 rings (SSSR count). The maximum Gasteiger partial charge on any atom is 0.242 e. The van der Waals surface area contributed by atoms with Crippen LogP contribution >= 0.6 is 0 Å². The van der Waals surface area contributed by atoms with E-state index in [0.717, 1.165) is 28.1 Å². The first-order valence-electron chi connectivity index (χ1n) is 9.17. The minimum Gasteiger partial charge on any atom is -0.497 e. The number of ether oxygens (including phenoxy) is 1. The Morgan fingerprint density at radius 2 is 2.00 bits per heavy atom. The second-order valence-electron chi connectivity index (χ2n) is 6.94. The molecule has 3 aromatic rings. The maximum absolute atomic E-state index is 12.9. The van der Waals surface area contributed by atoms with Gasteiger partial charge < -0.3 is 10.1 Å². The zero-order valence-corrected chi connectivity index (χ0v) is 16.7. The normalized spacial score (nSPS) is 12.0. The van der Waals surface area contributed by atoms with E-state index in [-0.39, 0.29) is 11.9 Å². The molecule has 0 bridgehead atoms. The first-order valence-corrected chi connectivity index (χ1v) is 9.17. The second kappa shape index (κ2) is 8.71. The quantitative estimate of drug-likeness (QED) is 0.686. The molecule has 0 spiro atoms. The number of aryl methyl sites for hydroxylation is 1. The van der Waals surface area contributed by atoms with E-state index < -0.39 is 0 Å². The second-order valence-corrected chi connectivity index (χ2v) is 6.94. The largest absolute Gasteiger partial charge is 0.497 e. The van der Waals surface area contributed by atoms with Crippen molar-refractivity contribution in [1.29, 1.82) is 0 Å². The lowest BCUT2D eigenvalue weighted by Gasteiger charge is -2.25. The van der Waals surface area contributed by atoms with Crippen LogP contribution in [-0.2, 0) is 11.3 Å². The summed E-state index contributed by atoms with van der Waals surface area (Å²) in [4.78, 5) is 14.8. The van der Waals surface area contributed by atoms with Crippen LogP contribution in [0.4, 0.5) is 0 Å². The van der Waals surface area contributed by atoms with Crippen LogP contribution in [0.2, 0.25) is 0 Å². The highest BCUT2D eigenvalue weighted by Crippen LogP contribution is 2.22. The van der Waals surface area contributed by atoms with E-state index in [1.165, 1.54) is 0 Å². The third-order valence-electron chi connectivity index (χ3n) is 4.67. The molecule has 0 saturated carbocycles. The molecule has 1 heterocycles. The number of methoxy groups -OCH3 is 1. The van der Waals surface area contributed by atoms with Gasteiger partial charge in [0, 0.05) is 24.4 Å². The van der Waals surface area contributed by atoms with E-state index in [1.54, 1.807) is 18.0 Å². The van der Waals surface area contributed by atoms with Gasteiger partial charge in [0.15, 0.2) is 0 Å². The molecule has 28 heavy (non-hydrogen) atoms. The molecule has 0 aliphatic heterocycles. The van der Waals surface area contributed by atoms with Gasteiger partial charge in [-0.3, -0.25) is 9.69 Å². The Bertz CT molecular complexity index is 949. The molecule has 6 nitrogen and oxygen atoms in total. The van der Waals surface area contributed by atoms with Crippen molar-refractivity contribution in [2.75, 3.05) is 21.2 Å². The van der Waals surface area contributed by atoms with Gasteiger partial charge in [0.25, 0.3) is 0 Å². The summed E-state index contributed by atoms with van der Waals surface area (Å²) >= 11 is 0. The number of nitrogens with one attached hydrogen (secondary N) is 1. The summed E-state index contributed by atoms with van der Waals surface area (Å²) in [6.45, 7) is 2.44. The van der Waals surface area contributed by atoms with Crippen LogP contribution in [-0.4, -0.2) is 41.8 Å². The molecule has 1 amide bonds. The van der Waals surface area contributed by atoms with Crippen molar-refractivity contribution in [3.63, 3.8) is 0 Å². The average Bonchev–Trinajstić information content (AvgIpc) is 3.17. The van der Waals surface area contributed by atoms with Crippen LogP contribution < -0.4 is 10.1 Å². The van der Waals surface area contributed by atoms with Crippen LogP contribution in [0.3, 0.4) is 0 Å². The predicted octanol–water partition coefficient (Wildman–Crippen LogP) is 3.11. The lowest BCUT2D eigenvalue weighted by Crippen LogP contribution is -2.37. The molecule has 0 unspecified atom stereocenters. The van der Waals surface area contributed by atoms with Gasteiger partial charge in [-0.1, -0.05) is 30.3 Å². The summed E-state index contributed by atoms with van der Waals surface area (Å²) in [6.07, 6.45) is 3.67. The Labute approximate surface area is 165 Å². The molecule has 0 fully saturated rings. The number of nitrogens with zero attached hydrogens (tertiary/aromatic N) is 3. The monoisotopic (exact) mass is 378 g/mol. The Morgan fingerprint density at radius 1 is 1.21 bits per heavy atom. The number of likely N-dealkylation sites (N-methyl/N-ethyl adjacent to an activating group) is 1. The number of hydrogen-bond donors (Lipinski definition) is 1. The van der Waals surface area contributed by atoms with Crippen molar-refractivity contribution < 1.29 is 9.53 Å². The Kier molecular flexibility index (Phi) is 6.11. The summed E-state index contributed by atoms with van der Waals surface area (Å²) in [7, 11) is 5.47. The average molecular weight is 378 g/mol. The Morgan fingerprint density at radius 3 is 2.71 bits per heavy atom. The smallest absolute Gasteiger partial charge is 0.242 e. The van der Waals surface area contributed by atoms with Gasteiger partial charge in [0.2, 0.25) is 5.91 Å². The van der Waals surface area contributed by atoms with Crippen molar-refractivity contribution in [1.82, 2.24) is 20.0 Å². The van der Waals surface area contributed by atoms with Crippen molar-refractivity contribution in [3.05, 3.63) is 77.6 Å². The van der Waals surface area contributed by atoms with Crippen molar-refractivity contribution in [2.24, 2.45) is 0 Å². The Hall–Kier alpha value is -3.12. The highest BCUT2D eigenvalue weighted by Gasteiger charge is 2.24. The zero-order chi connectivity index (χ0) is 20.1. The van der Waals surface area contributed by atoms with Crippen LogP contribution in [0.15, 0.2) is 60.9 Å². The van der Waals surface area contributed by atoms with Gasteiger partial charge in [-0.15, -0.1) is 0 Å². The molecule has 2 aromatic carbocycles. The van der Waals surface area contributed by atoms with E-state index in [9.17, 15) is 4.79 Å². The minimum absolute atomic E-state index is 0.0339. The fraction of sp³-hybridized carbons (Fsp3) is 0.273. The van der Waals surface area contributed by atoms with Crippen molar-refractivity contribution in [2.45, 2.75) is 19.5 Å². The Balaban J connectivity index is 1.70. The summed E-state index contributed by atoms with van der Waals surface area (Å²) < 4.78 is 7.03. The number of amides is 1. The lowest BCUT2D eigenvalue weighted by molar-refractivity contribution is -0.126. The van der Waals surface area contributed by atoms with Gasteiger partial charge in [-0.2, -0.15) is 5.10 Å². The topological polar surface area (TPSA) is 59.4 Å². The third-order valence-corrected chi connectivity index (χ3v) is 4.67. The lowest BCUT2D eigenvalue weighted by atomic mass is 10.00. The van der Waals surface area contributed by atoms with Gasteiger partial charge in [0.05, 0.1) is 19.0 Å². The molecule has 1 aromatic heterocycles. The van der Waals surface area contributed by atoms with Gasteiger partial charge in [-0.25, -0.2) is 4.68 Å². The minimum atomic E-state index is -0.338. The van der Waals surface area contributed by atoms with Gasteiger partial charge in [-0.05, 0) is 44.3 Å². The van der Waals surface area contributed by atoms with Crippen molar-refractivity contribution >= 4 is 5.91 Å². The predicted molar refractivity (Wildman–Crippen MR) is 110 cm³/mol. The number of aromatic nitrogens is 2. The summed E-state index contributed by atoms with van der Waals surface area (Å²) in [5, 5.41) is 7.43. The molecule has 1 N–H and O–H groups in total. The fourth-order valence-corrected chi connectivity index (χ4v) is 3.18.